The fourth-order valence-corrected chi connectivity index (χ4v) is 2.67. The Morgan fingerprint density at radius 3 is 3.00 bits per heavy atom. The van der Waals surface area contributed by atoms with Crippen LogP contribution in [0.5, 0.6) is 0 Å². The van der Waals surface area contributed by atoms with E-state index in [1.165, 1.54) is 0 Å². The molecule has 1 heterocycles. The molecule has 2 rings (SSSR count). The van der Waals surface area contributed by atoms with E-state index in [1.807, 2.05) is 19.9 Å². The number of piperidine rings is 1. The first-order chi connectivity index (χ1) is 9.11. The van der Waals surface area contributed by atoms with Gasteiger partial charge in [0.25, 0.3) is 0 Å². The molecule has 1 fully saturated rings. The van der Waals surface area contributed by atoms with Crippen LogP contribution in [-0.2, 0) is 4.74 Å². The molecule has 0 aromatic heterocycles. The Balaban J connectivity index is 2.23. The van der Waals surface area contributed by atoms with Crippen molar-refractivity contribution in [3.63, 3.8) is 0 Å². The lowest BCUT2D eigenvalue weighted by atomic mass is 10.0. The monoisotopic (exact) mass is 261 g/mol. The van der Waals surface area contributed by atoms with Crippen LogP contribution in [0.2, 0.25) is 0 Å². The minimum absolute atomic E-state index is 0.136. The predicted molar refractivity (Wildman–Crippen MR) is 79.1 cm³/mol. The van der Waals surface area contributed by atoms with Crippen LogP contribution in [0, 0.1) is 12.3 Å². The fourth-order valence-electron chi connectivity index (χ4n) is 2.67. The first kappa shape index (κ1) is 13.9. The van der Waals surface area contributed by atoms with Gasteiger partial charge in [0.05, 0.1) is 6.10 Å². The number of amidine groups is 1. The Labute approximate surface area is 115 Å². The number of anilines is 1. The smallest absolute Gasteiger partial charge is 0.124 e. The van der Waals surface area contributed by atoms with Gasteiger partial charge in [-0.25, -0.2) is 0 Å². The minimum atomic E-state index is 0.136. The highest BCUT2D eigenvalue weighted by molar-refractivity contribution is 6.00. The molecule has 1 aliphatic rings. The number of nitrogens with zero attached hydrogens (tertiary/aromatic N) is 1. The van der Waals surface area contributed by atoms with E-state index in [9.17, 15) is 0 Å². The van der Waals surface area contributed by atoms with Crippen LogP contribution in [0.15, 0.2) is 18.2 Å². The zero-order valence-electron chi connectivity index (χ0n) is 11.8. The topological polar surface area (TPSA) is 62.3 Å². The molecule has 19 heavy (non-hydrogen) atoms. The molecule has 1 aromatic carbocycles. The highest BCUT2D eigenvalue weighted by Gasteiger charge is 2.22. The maximum Gasteiger partial charge on any atom is 0.124 e. The molecule has 1 atom stereocenters. The molecule has 3 N–H and O–H groups in total. The summed E-state index contributed by atoms with van der Waals surface area (Å²) in [6.45, 7) is 6.71. The average Bonchev–Trinajstić information content (AvgIpc) is 2.39. The average molecular weight is 261 g/mol. The zero-order valence-corrected chi connectivity index (χ0v) is 11.8. The summed E-state index contributed by atoms with van der Waals surface area (Å²) in [7, 11) is 0. The highest BCUT2D eigenvalue weighted by Crippen LogP contribution is 2.26. The molecule has 1 saturated heterocycles. The predicted octanol–water partition coefficient (Wildman–Crippen LogP) is 2.28. The Morgan fingerprint density at radius 1 is 1.53 bits per heavy atom. The molecule has 0 bridgehead atoms. The molecule has 0 spiro atoms. The van der Waals surface area contributed by atoms with E-state index < -0.39 is 0 Å². The van der Waals surface area contributed by atoms with Gasteiger partial charge in [-0.3, -0.25) is 5.41 Å². The van der Waals surface area contributed by atoms with Crippen LogP contribution in [0.1, 0.15) is 30.9 Å². The molecule has 0 amide bonds. The second-order valence-corrected chi connectivity index (χ2v) is 5.10. The third-order valence-corrected chi connectivity index (χ3v) is 3.56. The Morgan fingerprint density at radius 2 is 2.32 bits per heavy atom. The summed E-state index contributed by atoms with van der Waals surface area (Å²) in [6, 6.07) is 6.13. The van der Waals surface area contributed by atoms with Gasteiger partial charge in [0, 0.05) is 30.9 Å². The van der Waals surface area contributed by atoms with Crippen LogP contribution in [0.4, 0.5) is 5.69 Å². The van der Waals surface area contributed by atoms with E-state index in [0.717, 1.165) is 49.4 Å². The van der Waals surface area contributed by atoms with Gasteiger partial charge in [0.1, 0.15) is 5.84 Å². The molecule has 0 saturated carbocycles. The molecule has 4 nitrogen and oxygen atoms in total. The maximum absolute atomic E-state index is 7.74. The van der Waals surface area contributed by atoms with Crippen molar-refractivity contribution in [2.24, 2.45) is 5.73 Å². The Hall–Kier alpha value is -1.55. The minimum Gasteiger partial charge on any atom is -0.384 e. The lowest BCUT2D eigenvalue weighted by molar-refractivity contribution is 0.0526. The van der Waals surface area contributed by atoms with Crippen molar-refractivity contribution in [2.45, 2.75) is 32.8 Å². The molecule has 0 aliphatic carbocycles. The number of nitrogens with two attached hydrogens (primary N) is 1. The second kappa shape index (κ2) is 6.06. The van der Waals surface area contributed by atoms with Crippen molar-refractivity contribution < 1.29 is 4.74 Å². The molecule has 104 valence electrons. The number of aryl methyl sites for hydroxylation is 1. The van der Waals surface area contributed by atoms with Gasteiger partial charge in [0.15, 0.2) is 0 Å². The SMILES string of the molecule is CCOC1CCCN(c2ccc(C)cc2C(=N)N)C1. The standard InChI is InChI=1S/C15H23N3O/c1-3-19-12-5-4-8-18(10-12)14-7-6-11(2)9-13(14)15(16)17/h6-7,9,12H,3-5,8,10H2,1-2H3,(H3,16,17). The Kier molecular flexibility index (Phi) is 4.43. The summed E-state index contributed by atoms with van der Waals surface area (Å²) in [6.07, 6.45) is 2.53. The van der Waals surface area contributed by atoms with Gasteiger partial charge in [0.2, 0.25) is 0 Å². The van der Waals surface area contributed by atoms with Crippen LogP contribution >= 0.6 is 0 Å². The number of nitrogen functional groups attached to an aromatic ring is 1. The summed E-state index contributed by atoms with van der Waals surface area (Å²) >= 11 is 0. The summed E-state index contributed by atoms with van der Waals surface area (Å²) in [5.74, 6) is 0.136. The summed E-state index contributed by atoms with van der Waals surface area (Å²) in [4.78, 5) is 2.29. The number of nitrogens with one attached hydrogen (secondary N) is 1. The number of hydrogen-bond acceptors (Lipinski definition) is 3. The van der Waals surface area contributed by atoms with Gasteiger partial charge < -0.3 is 15.4 Å². The van der Waals surface area contributed by atoms with Gasteiger partial charge in [-0.15, -0.1) is 0 Å². The fraction of sp³-hybridized carbons (Fsp3) is 0.533. The van der Waals surface area contributed by atoms with Gasteiger partial charge in [-0.1, -0.05) is 11.6 Å². The summed E-state index contributed by atoms with van der Waals surface area (Å²) in [5.41, 5.74) is 8.73. The van der Waals surface area contributed by atoms with E-state index in [1.54, 1.807) is 0 Å². The third kappa shape index (κ3) is 3.26. The molecular weight excluding hydrogens is 238 g/mol. The summed E-state index contributed by atoms with van der Waals surface area (Å²) in [5, 5.41) is 7.74. The van der Waals surface area contributed by atoms with Crippen molar-refractivity contribution >= 4 is 11.5 Å². The first-order valence-corrected chi connectivity index (χ1v) is 6.93. The van der Waals surface area contributed by atoms with Crippen molar-refractivity contribution in [2.75, 3.05) is 24.6 Å². The molecule has 0 radical (unpaired) electrons. The van der Waals surface area contributed by atoms with Crippen LogP contribution in [0.25, 0.3) is 0 Å². The molecule has 1 unspecified atom stereocenters. The van der Waals surface area contributed by atoms with E-state index in [2.05, 4.69) is 17.0 Å². The lowest BCUT2D eigenvalue weighted by Crippen LogP contribution is -2.40. The number of hydrogen-bond donors (Lipinski definition) is 2. The van der Waals surface area contributed by atoms with Crippen molar-refractivity contribution in [1.82, 2.24) is 0 Å². The zero-order chi connectivity index (χ0) is 13.8. The highest BCUT2D eigenvalue weighted by atomic mass is 16.5. The molecular formula is C15H23N3O. The Bertz CT molecular complexity index is 457. The van der Waals surface area contributed by atoms with E-state index in [0.29, 0.717) is 6.10 Å². The third-order valence-electron chi connectivity index (χ3n) is 3.56. The van der Waals surface area contributed by atoms with Crippen molar-refractivity contribution in [3.8, 4) is 0 Å². The molecule has 4 heteroatoms. The van der Waals surface area contributed by atoms with Gasteiger partial charge in [-0.05, 0) is 38.8 Å². The van der Waals surface area contributed by atoms with E-state index in [4.69, 9.17) is 15.9 Å². The normalized spacial score (nSPS) is 19.5. The number of rotatable bonds is 4. The van der Waals surface area contributed by atoms with Crippen LogP contribution < -0.4 is 10.6 Å². The number of benzene rings is 1. The van der Waals surface area contributed by atoms with Gasteiger partial charge in [-0.2, -0.15) is 0 Å². The molecule has 1 aliphatic heterocycles. The van der Waals surface area contributed by atoms with E-state index in [-0.39, 0.29) is 5.84 Å². The van der Waals surface area contributed by atoms with Crippen LogP contribution in [0.3, 0.4) is 0 Å². The quantitative estimate of drug-likeness (QED) is 0.645. The van der Waals surface area contributed by atoms with E-state index >= 15 is 0 Å². The largest absolute Gasteiger partial charge is 0.384 e. The van der Waals surface area contributed by atoms with Crippen LogP contribution in [-0.4, -0.2) is 31.6 Å². The lowest BCUT2D eigenvalue weighted by Gasteiger charge is -2.35. The first-order valence-electron chi connectivity index (χ1n) is 6.93. The number of ether oxygens (including phenoxy) is 1. The maximum atomic E-state index is 7.74. The molecule has 1 aromatic rings. The van der Waals surface area contributed by atoms with Gasteiger partial charge >= 0.3 is 0 Å². The van der Waals surface area contributed by atoms with Crippen molar-refractivity contribution in [3.05, 3.63) is 29.3 Å². The van der Waals surface area contributed by atoms with Crippen molar-refractivity contribution in [1.29, 1.82) is 5.41 Å². The second-order valence-electron chi connectivity index (χ2n) is 5.10. The summed E-state index contributed by atoms with van der Waals surface area (Å²) < 4.78 is 5.73.